The Labute approximate surface area is 123 Å². The molecule has 100 valence electrons. The molecule has 1 aromatic carbocycles. The number of nitrogens with one attached hydrogen (secondary N) is 1. The molecule has 0 aliphatic carbocycles. The fourth-order valence-corrected chi connectivity index (χ4v) is 4.05. The van der Waals surface area contributed by atoms with Gasteiger partial charge in [0.1, 0.15) is 0 Å². The second-order valence-electron chi connectivity index (χ2n) is 5.01. The zero-order chi connectivity index (χ0) is 13.1. The van der Waals surface area contributed by atoms with Crippen molar-refractivity contribution in [2.24, 2.45) is 5.92 Å². The molecule has 1 aliphatic heterocycles. The molecule has 1 aliphatic rings. The Morgan fingerprint density at radius 2 is 1.95 bits per heavy atom. The van der Waals surface area contributed by atoms with Gasteiger partial charge >= 0.3 is 0 Å². The van der Waals surface area contributed by atoms with Gasteiger partial charge in [-0.15, -0.1) is 0 Å². The van der Waals surface area contributed by atoms with Crippen molar-refractivity contribution in [2.75, 3.05) is 11.5 Å². The van der Waals surface area contributed by atoms with Crippen LogP contribution in [-0.2, 0) is 6.54 Å². The molecule has 1 fully saturated rings. The van der Waals surface area contributed by atoms with Crippen molar-refractivity contribution in [1.82, 2.24) is 9.55 Å². The largest absolute Gasteiger partial charge is 0.337 e. The number of aromatic amines is 1. The lowest BCUT2D eigenvalue weighted by Gasteiger charge is -2.22. The third-order valence-electron chi connectivity index (χ3n) is 3.72. The summed E-state index contributed by atoms with van der Waals surface area (Å²) < 4.78 is 3.11. The molecule has 4 heteroatoms. The van der Waals surface area contributed by atoms with Gasteiger partial charge in [0, 0.05) is 12.7 Å². The van der Waals surface area contributed by atoms with Crippen molar-refractivity contribution >= 4 is 24.0 Å². The number of benzene rings is 1. The van der Waals surface area contributed by atoms with E-state index in [0.717, 1.165) is 17.2 Å². The maximum absolute atomic E-state index is 5.44. The number of nitrogens with zero attached hydrogens (tertiary/aromatic N) is 1. The van der Waals surface area contributed by atoms with Crippen LogP contribution in [0, 0.1) is 10.7 Å². The maximum atomic E-state index is 5.44. The van der Waals surface area contributed by atoms with Crippen LogP contribution in [0.4, 0.5) is 0 Å². The van der Waals surface area contributed by atoms with Crippen molar-refractivity contribution in [3.63, 3.8) is 0 Å². The molecule has 0 bridgehead atoms. The molecule has 0 saturated carbocycles. The SMILES string of the molecule is S=c1[nH]cc(-c2ccccc2)n1CC1CCSCC1. The summed E-state index contributed by atoms with van der Waals surface area (Å²) >= 11 is 7.52. The van der Waals surface area contributed by atoms with Gasteiger partial charge in [0.25, 0.3) is 0 Å². The minimum absolute atomic E-state index is 0.770. The van der Waals surface area contributed by atoms with Crippen LogP contribution in [0.1, 0.15) is 12.8 Å². The highest BCUT2D eigenvalue weighted by atomic mass is 32.2. The summed E-state index contributed by atoms with van der Waals surface area (Å²) in [5, 5.41) is 0. The van der Waals surface area contributed by atoms with E-state index in [9.17, 15) is 0 Å². The van der Waals surface area contributed by atoms with Crippen LogP contribution in [0.25, 0.3) is 11.3 Å². The van der Waals surface area contributed by atoms with Gasteiger partial charge in [-0.25, -0.2) is 0 Å². The average molecular weight is 290 g/mol. The Bertz CT molecular complexity index is 580. The fraction of sp³-hybridized carbons (Fsp3) is 0.400. The van der Waals surface area contributed by atoms with Crippen molar-refractivity contribution < 1.29 is 0 Å². The van der Waals surface area contributed by atoms with Crippen molar-refractivity contribution in [3.05, 3.63) is 41.3 Å². The quantitative estimate of drug-likeness (QED) is 0.848. The van der Waals surface area contributed by atoms with Crippen molar-refractivity contribution in [1.29, 1.82) is 0 Å². The zero-order valence-electron chi connectivity index (χ0n) is 10.8. The molecular weight excluding hydrogens is 272 g/mol. The molecule has 2 nitrogen and oxygen atoms in total. The Balaban J connectivity index is 1.88. The van der Waals surface area contributed by atoms with E-state index in [1.54, 1.807) is 0 Å². The number of hydrogen-bond acceptors (Lipinski definition) is 2. The fourth-order valence-electron chi connectivity index (χ4n) is 2.61. The summed E-state index contributed by atoms with van der Waals surface area (Å²) in [5.74, 6) is 3.36. The van der Waals surface area contributed by atoms with E-state index in [2.05, 4.69) is 45.6 Å². The molecule has 0 amide bonds. The summed E-state index contributed by atoms with van der Waals surface area (Å²) in [5.41, 5.74) is 2.45. The Kier molecular flexibility index (Phi) is 4.09. The first-order chi connectivity index (χ1) is 9.34. The van der Waals surface area contributed by atoms with E-state index in [1.165, 1.54) is 35.6 Å². The first kappa shape index (κ1) is 13.0. The van der Waals surface area contributed by atoms with Crippen LogP contribution in [0.15, 0.2) is 36.5 Å². The van der Waals surface area contributed by atoms with Crippen LogP contribution in [0.2, 0.25) is 0 Å². The molecule has 0 radical (unpaired) electrons. The van der Waals surface area contributed by atoms with Gasteiger partial charge < -0.3 is 9.55 Å². The smallest absolute Gasteiger partial charge is 0.177 e. The number of rotatable bonds is 3. The number of hydrogen-bond donors (Lipinski definition) is 1. The van der Waals surface area contributed by atoms with E-state index < -0.39 is 0 Å². The Morgan fingerprint density at radius 1 is 1.21 bits per heavy atom. The highest BCUT2D eigenvalue weighted by Crippen LogP contribution is 2.27. The number of thioether (sulfide) groups is 1. The lowest BCUT2D eigenvalue weighted by Crippen LogP contribution is -2.17. The molecule has 2 heterocycles. The number of imidazole rings is 1. The Hall–Kier alpha value is -1.000. The van der Waals surface area contributed by atoms with Crippen LogP contribution in [0.5, 0.6) is 0 Å². The van der Waals surface area contributed by atoms with Gasteiger partial charge in [0.05, 0.1) is 5.69 Å². The molecule has 2 aromatic rings. The van der Waals surface area contributed by atoms with Crippen LogP contribution >= 0.6 is 24.0 Å². The van der Waals surface area contributed by atoms with Crippen molar-refractivity contribution in [2.45, 2.75) is 19.4 Å². The summed E-state index contributed by atoms with van der Waals surface area (Å²) in [7, 11) is 0. The molecule has 0 unspecified atom stereocenters. The molecule has 19 heavy (non-hydrogen) atoms. The van der Waals surface area contributed by atoms with E-state index >= 15 is 0 Å². The zero-order valence-corrected chi connectivity index (χ0v) is 12.5. The second kappa shape index (κ2) is 5.97. The van der Waals surface area contributed by atoms with Gasteiger partial charge in [-0.3, -0.25) is 0 Å². The van der Waals surface area contributed by atoms with Crippen molar-refractivity contribution in [3.8, 4) is 11.3 Å². The second-order valence-corrected chi connectivity index (χ2v) is 6.62. The summed E-state index contributed by atoms with van der Waals surface area (Å²) in [6.45, 7) is 1.05. The monoisotopic (exact) mass is 290 g/mol. The molecule has 0 atom stereocenters. The van der Waals surface area contributed by atoms with E-state index in [1.807, 2.05) is 12.3 Å². The molecular formula is C15H18N2S2. The van der Waals surface area contributed by atoms with Gasteiger partial charge in [-0.2, -0.15) is 11.8 Å². The third kappa shape index (κ3) is 2.95. The predicted molar refractivity (Wildman–Crippen MR) is 85.1 cm³/mol. The normalized spacial score (nSPS) is 16.6. The first-order valence-corrected chi connectivity index (χ1v) is 8.32. The van der Waals surface area contributed by atoms with E-state index in [4.69, 9.17) is 12.2 Å². The summed E-state index contributed by atoms with van der Waals surface area (Å²) in [6.07, 6.45) is 4.66. The average Bonchev–Trinajstić information content (AvgIpc) is 2.82. The first-order valence-electron chi connectivity index (χ1n) is 6.76. The molecule has 0 spiro atoms. The topological polar surface area (TPSA) is 20.7 Å². The molecule has 3 rings (SSSR count). The highest BCUT2D eigenvalue weighted by molar-refractivity contribution is 7.99. The van der Waals surface area contributed by atoms with E-state index in [0.29, 0.717) is 0 Å². The standard InChI is InChI=1S/C15H18N2S2/c18-15-16-10-14(13-4-2-1-3-5-13)17(15)11-12-6-8-19-9-7-12/h1-5,10,12H,6-9,11H2,(H,16,18). The lowest BCUT2D eigenvalue weighted by molar-refractivity contribution is 0.416. The third-order valence-corrected chi connectivity index (χ3v) is 5.11. The van der Waals surface area contributed by atoms with Crippen LogP contribution in [-0.4, -0.2) is 21.1 Å². The minimum Gasteiger partial charge on any atom is -0.337 e. The van der Waals surface area contributed by atoms with Gasteiger partial charge in [-0.05, 0) is 48.0 Å². The predicted octanol–water partition coefficient (Wildman–Crippen LogP) is 4.36. The number of H-pyrrole nitrogens is 1. The van der Waals surface area contributed by atoms with Crippen LogP contribution < -0.4 is 0 Å². The summed E-state index contributed by atoms with van der Waals surface area (Å²) in [4.78, 5) is 3.20. The van der Waals surface area contributed by atoms with E-state index in [-0.39, 0.29) is 0 Å². The van der Waals surface area contributed by atoms with Gasteiger partial charge in [-0.1, -0.05) is 30.3 Å². The minimum atomic E-state index is 0.770. The molecule has 1 saturated heterocycles. The molecule has 1 N–H and O–H groups in total. The van der Waals surface area contributed by atoms with Crippen LogP contribution in [0.3, 0.4) is 0 Å². The number of aromatic nitrogens is 2. The lowest BCUT2D eigenvalue weighted by atomic mass is 10.0. The summed E-state index contributed by atoms with van der Waals surface area (Å²) in [6, 6.07) is 10.5. The Morgan fingerprint density at radius 3 is 2.68 bits per heavy atom. The highest BCUT2D eigenvalue weighted by Gasteiger charge is 2.16. The maximum Gasteiger partial charge on any atom is 0.177 e. The van der Waals surface area contributed by atoms with Gasteiger partial charge in [0.2, 0.25) is 0 Å². The molecule has 1 aromatic heterocycles. The van der Waals surface area contributed by atoms with Gasteiger partial charge in [0.15, 0.2) is 4.77 Å².